The third kappa shape index (κ3) is 4.34. The van der Waals surface area contributed by atoms with Crippen LogP contribution in [0.1, 0.15) is 18.4 Å². The van der Waals surface area contributed by atoms with Crippen molar-refractivity contribution >= 4 is 5.97 Å². The molecule has 1 atom stereocenters. The molecule has 0 saturated heterocycles. The van der Waals surface area contributed by atoms with Crippen LogP contribution in [0.4, 0.5) is 0 Å². The van der Waals surface area contributed by atoms with Gasteiger partial charge in [-0.2, -0.15) is 0 Å². The van der Waals surface area contributed by atoms with Crippen molar-refractivity contribution in [1.82, 2.24) is 0 Å². The predicted octanol–water partition coefficient (Wildman–Crippen LogP) is -6.38. The van der Waals surface area contributed by atoms with Gasteiger partial charge in [-0.25, -0.2) is 0 Å². The Kier molecular flexibility index (Phi) is 9.34. The Labute approximate surface area is 127 Å². The largest absolute Gasteiger partial charge is 1.00 e. The van der Waals surface area contributed by atoms with Crippen LogP contribution < -0.4 is 69.3 Å². The molecule has 14 heavy (non-hydrogen) atoms. The molecular weight excluding hydrogens is 202 g/mol. The van der Waals surface area contributed by atoms with E-state index in [0.717, 1.165) is 0 Å². The minimum Gasteiger partial charge on any atom is -0.872 e. The second-order valence-corrected chi connectivity index (χ2v) is 2.58. The van der Waals surface area contributed by atoms with Crippen molar-refractivity contribution in [2.45, 2.75) is 12.8 Å². The molecule has 0 aromatic heterocycles. The molecule has 0 unspecified atom stereocenters. The first-order valence-corrected chi connectivity index (χ1v) is 3.59. The van der Waals surface area contributed by atoms with E-state index in [-0.39, 0.29) is 70.4 Å². The number of carbonyl (C=O) groups excluding carboxylic acids is 1. The quantitative estimate of drug-likeness (QED) is 0.456. The van der Waals surface area contributed by atoms with Gasteiger partial charge in [0.1, 0.15) is 0 Å². The van der Waals surface area contributed by atoms with E-state index in [9.17, 15) is 15.0 Å². The van der Waals surface area contributed by atoms with Crippen LogP contribution in [0, 0.1) is 0 Å². The van der Waals surface area contributed by atoms with Gasteiger partial charge in [0.15, 0.2) is 0 Å². The van der Waals surface area contributed by atoms with Crippen molar-refractivity contribution < 1.29 is 74.1 Å². The van der Waals surface area contributed by atoms with Crippen molar-refractivity contribution in [3.8, 4) is 5.75 Å². The van der Waals surface area contributed by atoms with Gasteiger partial charge in [0.25, 0.3) is 0 Å². The topological polar surface area (TPSA) is 63.2 Å². The molecule has 64 valence electrons. The molecule has 0 spiro atoms. The monoisotopic (exact) mass is 210 g/mol. The SMILES string of the molecule is C[C@@H](C(=O)[O-])c1ccccc1[O-].[Na+].[Na+]. The Hall–Kier alpha value is 0.490. The van der Waals surface area contributed by atoms with Crippen LogP contribution in [0.5, 0.6) is 5.75 Å². The van der Waals surface area contributed by atoms with Crippen LogP contribution in [0.3, 0.4) is 0 Å². The average molecular weight is 210 g/mol. The summed E-state index contributed by atoms with van der Waals surface area (Å²) in [5.74, 6) is -2.31. The van der Waals surface area contributed by atoms with Crippen LogP contribution in [0.15, 0.2) is 24.3 Å². The zero-order chi connectivity index (χ0) is 9.14. The normalized spacial score (nSPS) is 10.6. The number of aliphatic carboxylic acids is 1. The zero-order valence-electron chi connectivity index (χ0n) is 8.61. The van der Waals surface area contributed by atoms with E-state index in [1.807, 2.05) is 0 Å². The zero-order valence-corrected chi connectivity index (χ0v) is 12.6. The third-order valence-electron chi connectivity index (χ3n) is 1.74. The van der Waals surface area contributed by atoms with Gasteiger partial charge >= 0.3 is 59.1 Å². The summed E-state index contributed by atoms with van der Waals surface area (Å²) in [6, 6.07) is 6.06. The first-order chi connectivity index (χ1) is 5.63. The third-order valence-corrected chi connectivity index (χ3v) is 1.74. The molecule has 1 aromatic rings. The van der Waals surface area contributed by atoms with Crippen molar-refractivity contribution in [2.75, 3.05) is 0 Å². The van der Waals surface area contributed by atoms with Crippen molar-refractivity contribution in [3.63, 3.8) is 0 Å². The summed E-state index contributed by atoms with van der Waals surface area (Å²) in [5, 5.41) is 21.5. The fraction of sp³-hybridized carbons (Fsp3) is 0.222. The summed E-state index contributed by atoms with van der Waals surface area (Å²) in [4.78, 5) is 10.4. The van der Waals surface area contributed by atoms with Crippen LogP contribution in [-0.2, 0) is 4.79 Å². The Morgan fingerprint density at radius 2 is 1.79 bits per heavy atom. The summed E-state index contributed by atoms with van der Waals surface area (Å²) < 4.78 is 0. The molecule has 5 heteroatoms. The number of hydrogen-bond acceptors (Lipinski definition) is 3. The average Bonchev–Trinajstić information content (AvgIpc) is 2.04. The molecule has 0 amide bonds. The minimum atomic E-state index is -1.22. The van der Waals surface area contributed by atoms with Gasteiger partial charge in [-0.05, 0) is 5.56 Å². The van der Waals surface area contributed by atoms with Crippen molar-refractivity contribution in [1.29, 1.82) is 0 Å². The summed E-state index contributed by atoms with van der Waals surface area (Å²) in [6.07, 6.45) is 0. The standard InChI is InChI=1S/C9H10O3.2Na/c1-6(9(11)12)7-4-2-3-5-8(7)10;;/h2-6,10H,1H3,(H,11,12);;/q;2*+1/p-2/t6-;;/m1../s1. The number of benzene rings is 1. The number of hydrogen-bond donors (Lipinski definition) is 0. The first kappa shape index (κ1) is 16.9. The fourth-order valence-electron chi connectivity index (χ4n) is 0.965. The van der Waals surface area contributed by atoms with Crippen LogP contribution in [-0.4, -0.2) is 5.97 Å². The minimum absolute atomic E-state index is 0. The van der Waals surface area contributed by atoms with E-state index in [2.05, 4.69) is 0 Å². The molecule has 0 aliphatic carbocycles. The van der Waals surface area contributed by atoms with Gasteiger partial charge in [-0.15, -0.1) is 5.75 Å². The van der Waals surface area contributed by atoms with Crippen LogP contribution in [0.2, 0.25) is 0 Å². The second kappa shape index (κ2) is 7.74. The summed E-state index contributed by atoms with van der Waals surface area (Å²) in [6.45, 7) is 1.44. The second-order valence-electron chi connectivity index (χ2n) is 2.58. The molecule has 0 heterocycles. The number of para-hydroxylation sites is 1. The predicted molar refractivity (Wildman–Crippen MR) is 39.3 cm³/mol. The van der Waals surface area contributed by atoms with E-state index in [1.165, 1.54) is 19.1 Å². The van der Waals surface area contributed by atoms with Gasteiger partial charge in [-0.1, -0.05) is 31.2 Å². The molecule has 0 aliphatic rings. The Balaban J connectivity index is 0. The molecule has 0 aliphatic heterocycles. The smallest absolute Gasteiger partial charge is 0.872 e. The van der Waals surface area contributed by atoms with E-state index < -0.39 is 11.9 Å². The molecule has 0 radical (unpaired) electrons. The molecule has 1 aromatic carbocycles. The van der Waals surface area contributed by atoms with Gasteiger partial charge in [0.2, 0.25) is 0 Å². The summed E-state index contributed by atoms with van der Waals surface area (Å²) >= 11 is 0. The number of carbonyl (C=O) groups is 1. The van der Waals surface area contributed by atoms with Gasteiger partial charge in [0.05, 0.1) is 0 Å². The van der Waals surface area contributed by atoms with Crippen molar-refractivity contribution in [3.05, 3.63) is 29.8 Å². The van der Waals surface area contributed by atoms with E-state index in [1.54, 1.807) is 12.1 Å². The number of carboxylic acid groups (broad SMARTS) is 1. The van der Waals surface area contributed by atoms with Gasteiger partial charge < -0.3 is 15.0 Å². The summed E-state index contributed by atoms with van der Waals surface area (Å²) in [5.41, 5.74) is 0.275. The maximum atomic E-state index is 11.1. The maximum Gasteiger partial charge on any atom is 1.00 e. The molecule has 0 N–H and O–H groups in total. The molecule has 0 bridgehead atoms. The maximum absolute atomic E-state index is 11.1. The van der Waals surface area contributed by atoms with Gasteiger partial charge in [-0.3, -0.25) is 0 Å². The molecule has 1 rings (SSSR count). The Bertz CT molecular complexity index is 302. The summed E-state index contributed by atoms with van der Waals surface area (Å²) in [7, 11) is 0. The van der Waals surface area contributed by atoms with Crippen LogP contribution >= 0.6 is 0 Å². The van der Waals surface area contributed by atoms with Gasteiger partial charge in [0, 0.05) is 11.9 Å². The molecule has 0 saturated carbocycles. The first-order valence-electron chi connectivity index (χ1n) is 3.59. The van der Waals surface area contributed by atoms with E-state index in [4.69, 9.17) is 0 Å². The van der Waals surface area contributed by atoms with E-state index in [0.29, 0.717) is 0 Å². The Morgan fingerprint density at radius 1 is 1.29 bits per heavy atom. The Morgan fingerprint density at radius 3 is 2.21 bits per heavy atom. The number of carboxylic acids is 1. The molecule has 3 nitrogen and oxygen atoms in total. The van der Waals surface area contributed by atoms with Crippen molar-refractivity contribution in [2.24, 2.45) is 0 Å². The molecule has 0 fully saturated rings. The fourth-order valence-corrected chi connectivity index (χ4v) is 0.965. The van der Waals surface area contributed by atoms with E-state index >= 15 is 0 Å². The molecular formula is C9H8Na2O3. The number of rotatable bonds is 2. The van der Waals surface area contributed by atoms with Crippen LogP contribution in [0.25, 0.3) is 0 Å².